The monoisotopic (exact) mass is 388 g/mol. The zero-order valence-corrected chi connectivity index (χ0v) is 15.5. The Labute approximate surface area is 165 Å². The van der Waals surface area contributed by atoms with Crippen molar-refractivity contribution >= 4 is 22.5 Å². The molecule has 0 aliphatic carbocycles. The summed E-state index contributed by atoms with van der Waals surface area (Å²) < 4.78 is 1.70. The quantitative estimate of drug-likeness (QED) is 0.530. The predicted octanol–water partition coefficient (Wildman–Crippen LogP) is 2.16. The molecule has 0 unspecified atom stereocenters. The first-order valence-electron chi connectivity index (χ1n) is 8.72. The average molecular weight is 388 g/mol. The molecular formula is C19H16N8O2. The first kappa shape index (κ1) is 18.1. The van der Waals surface area contributed by atoms with Crippen LogP contribution in [0.25, 0.3) is 11.0 Å². The molecule has 0 saturated heterocycles. The van der Waals surface area contributed by atoms with Crippen molar-refractivity contribution in [2.24, 2.45) is 5.73 Å². The summed E-state index contributed by atoms with van der Waals surface area (Å²) in [6.07, 6.45) is 6.43. The number of aromatic nitrogens is 4. The third-order valence-electron chi connectivity index (χ3n) is 4.70. The van der Waals surface area contributed by atoms with E-state index in [0.29, 0.717) is 46.9 Å². The molecule has 0 bridgehead atoms. The number of nitrogens with two attached hydrogens (primary N) is 1. The predicted molar refractivity (Wildman–Crippen MR) is 106 cm³/mol. The van der Waals surface area contributed by atoms with E-state index in [1.165, 1.54) is 12.4 Å². The summed E-state index contributed by atoms with van der Waals surface area (Å²) in [6, 6.07) is 7.10. The molecule has 0 radical (unpaired) electrons. The zero-order chi connectivity index (χ0) is 20.5. The van der Waals surface area contributed by atoms with Crippen LogP contribution in [-0.4, -0.2) is 31.2 Å². The Bertz CT molecular complexity index is 1230. The lowest BCUT2D eigenvalue weighted by molar-refractivity contribution is -0.385. The maximum absolute atomic E-state index is 11.0. The molecule has 1 aliphatic rings. The lowest BCUT2D eigenvalue weighted by Gasteiger charge is -2.26. The van der Waals surface area contributed by atoms with Crippen LogP contribution in [0.2, 0.25) is 0 Å². The number of nitro groups is 1. The van der Waals surface area contributed by atoms with E-state index in [1.54, 1.807) is 47.0 Å². The van der Waals surface area contributed by atoms with Crippen LogP contribution in [0.15, 0.2) is 54.3 Å². The van der Waals surface area contributed by atoms with E-state index in [0.717, 1.165) is 5.56 Å². The van der Waals surface area contributed by atoms with Crippen LogP contribution in [0.1, 0.15) is 11.1 Å². The van der Waals surface area contributed by atoms with Crippen molar-refractivity contribution < 1.29 is 4.92 Å². The first-order valence-corrected chi connectivity index (χ1v) is 8.72. The minimum Gasteiger partial charge on any atom is -0.385 e. The zero-order valence-electron chi connectivity index (χ0n) is 15.5. The van der Waals surface area contributed by atoms with Crippen molar-refractivity contribution in [3.63, 3.8) is 0 Å². The number of benzene rings is 1. The van der Waals surface area contributed by atoms with Gasteiger partial charge in [0.1, 0.15) is 18.0 Å². The van der Waals surface area contributed by atoms with E-state index in [4.69, 9.17) is 5.73 Å². The van der Waals surface area contributed by atoms with Gasteiger partial charge in [0.25, 0.3) is 5.69 Å². The van der Waals surface area contributed by atoms with Gasteiger partial charge in [-0.15, -0.1) is 0 Å². The van der Waals surface area contributed by atoms with Gasteiger partial charge in [0, 0.05) is 17.2 Å². The minimum atomic E-state index is -0.400. The Morgan fingerprint density at radius 1 is 1.34 bits per heavy atom. The molecular weight excluding hydrogens is 372 g/mol. The van der Waals surface area contributed by atoms with Gasteiger partial charge >= 0.3 is 0 Å². The number of aryl methyl sites for hydroxylation is 1. The van der Waals surface area contributed by atoms with Crippen molar-refractivity contribution in [1.82, 2.24) is 19.7 Å². The molecule has 0 atom stereocenters. The molecule has 0 saturated carbocycles. The Balaban J connectivity index is 1.69. The van der Waals surface area contributed by atoms with Crippen molar-refractivity contribution in [2.75, 3.05) is 11.4 Å². The normalized spacial score (nSPS) is 13.7. The standard InChI is InChI=1S/C19H16N8O2/c1-12-6-13(2-4-16(12)27(28)29)10-26-19-15(8-24-26)18(22-11-23-19)25-9-14(7-20)3-5-17(25)21/h2-6,8,11H,9-10,21H2,1H3. The number of anilines is 1. The number of nitriles is 1. The van der Waals surface area contributed by atoms with Crippen LogP contribution in [0.3, 0.4) is 0 Å². The van der Waals surface area contributed by atoms with Crippen molar-refractivity contribution in [3.05, 3.63) is 75.5 Å². The summed E-state index contributed by atoms with van der Waals surface area (Å²) in [5, 5.41) is 25.3. The second-order valence-electron chi connectivity index (χ2n) is 6.60. The van der Waals surface area contributed by atoms with E-state index in [9.17, 15) is 15.4 Å². The summed E-state index contributed by atoms with van der Waals surface area (Å²) in [4.78, 5) is 21.0. The van der Waals surface area contributed by atoms with Gasteiger partial charge in [0.05, 0.1) is 35.7 Å². The molecule has 1 aliphatic heterocycles. The molecule has 2 aromatic heterocycles. The lowest BCUT2D eigenvalue weighted by atomic mass is 10.1. The van der Waals surface area contributed by atoms with E-state index in [1.807, 2.05) is 0 Å². The number of rotatable bonds is 4. The molecule has 10 heteroatoms. The number of fused-ring (bicyclic) bond motifs is 1. The Hall–Kier alpha value is -4.26. The Morgan fingerprint density at radius 2 is 2.17 bits per heavy atom. The summed E-state index contributed by atoms with van der Waals surface area (Å²) in [6.45, 7) is 2.42. The number of allylic oxidation sites excluding steroid dienone is 2. The molecule has 0 fully saturated rings. The molecule has 10 nitrogen and oxygen atoms in total. The van der Waals surface area contributed by atoms with Crippen LogP contribution in [0.5, 0.6) is 0 Å². The van der Waals surface area contributed by atoms with Gasteiger partial charge in [-0.2, -0.15) is 10.4 Å². The van der Waals surface area contributed by atoms with Crippen molar-refractivity contribution in [2.45, 2.75) is 13.5 Å². The molecule has 3 heterocycles. The molecule has 4 rings (SSSR count). The minimum absolute atomic E-state index is 0.0809. The van der Waals surface area contributed by atoms with Gasteiger partial charge in [-0.1, -0.05) is 6.07 Å². The van der Waals surface area contributed by atoms with E-state index in [2.05, 4.69) is 21.1 Å². The van der Waals surface area contributed by atoms with E-state index in [-0.39, 0.29) is 5.69 Å². The number of nitrogens with zero attached hydrogens (tertiary/aromatic N) is 7. The summed E-state index contributed by atoms with van der Waals surface area (Å²) >= 11 is 0. The van der Waals surface area contributed by atoms with E-state index < -0.39 is 4.92 Å². The highest BCUT2D eigenvalue weighted by molar-refractivity contribution is 5.88. The SMILES string of the molecule is Cc1cc(Cn2ncc3c(N4CC(C#N)=CC=C4N)ncnc32)ccc1[N+](=O)[O-]. The van der Waals surface area contributed by atoms with Crippen LogP contribution in [0.4, 0.5) is 11.5 Å². The summed E-state index contributed by atoms with van der Waals surface area (Å²) in [5.74, 6) is 1.04. The Morgan fingerprint density at radius 3 is 2.90 bits per heavy atom. The van der Waals surface area contributed by atoms with Gasteiger partial charge in [-0.05, 0) is 30.7 Å². The second-order valence-corrected chi connectivity index (χ2v) is 6.60. The summed E-state index contributed by atoms with van der Waals surface area (Å²) in [7, 11) is 0. The highest BCUT2D eigenvalue weighted by Crippen LogP contribution is 2.27. The summed E-state index contributed by atoms with van der Waals surface area (Å²) in [5.41, 5.74) is 8.80. The fourth-order valence-corrected chi connectivity index (χ4v) is 3.27. The van der Waals surface area contributed by atoms with E-state index >= 15 is 0 Å². The van der Waals surface area contributed by atoms with Crippen LogP contribution in [-0.2, 0) is 6.54 Å². The largest absolute Gasteiger partial charge is 0.385 e. The van der Waals surface area contributed by atoms with Crippen LogP contribution >= 0.6 is 0 Å². The topological polar surface area (TPSA) is 140 Å². The number of hydrogen-bond acceptors (Lipinski definition) is 8. The lowest BCUT2D eigenvalue weighted by Crippen LogP contribution is -2.32. The maximum atomic E-state index is 11.0. The fourth-order valence-electron chi connectivity index (χ4n) is 3.27. The van der Waals surface area contributed by atoms with Gasteiger partial charge in [0.15, 0.2) is 5.65 Å². The highest BCUT2D eigenvalue weighted by Gasteiger charge is 2.21. The maximum Gasteiger partial charge on any atom is 0.272 e. The first-order chi connectivity index (χ1) is 14.0. The van der Waals surface area contributed by atoms with Crippen molar-refractivity contribution in [1.29, 1.82) is 5.26 Å². The number of nitro benzene ring substituents is 1. The van der Waals surface area contributed by atoms with Gasteiger partial charge in [-0.3, -0.25) is 10.1 Å². The highest BCUT2D eigenvalue weighted by atomic mass is 16.6. The smallest absolute Gasteiger partial charge is 0.272 e. The van der Waals surface area contributed by atoms with Crippen LogP contribution in [0, 0.1) is 28.4 Å². The second kappa shape index (κ2) is 7.05. The third kappa shape index (κ3) is 3.25. The average Bonchev–Trinajstić information content (AvgIpc) is 3.11. The molecule has 0 amide bonds. The van der Waals surface area contributed by atoms with Crippen molar-refractivity contribution in [3.8, 4) is 6.07 Å². The number of hydrogen-bond donors (Lipinski definition) is 1. The fraction of sp³-hybridized carbons (Fsp3) is 0.158. The molecule has 1 aromatic carbocycles. The van der Waals surface area contributed by atoms with Gasteiger partial charge in [-0.25, -0.2) is 14.6 Å². The molecule has 0 spiro atoms. The van der Waals surface area contributed by atoms with Crippen LogP contribution < -0.4 is 10.6 Å². The Kier molecular flexibility index (Phi) is 4.40. The third-order valence-corrected chi connectivity index (χ3v) is 4.70. The molecule has 144 valence electrons. The molecule has 29 heavy (non-hydrogen) atoms. The molecule has 3 aromatic rings. The van der Waals surface area contributed by atoms with Gasteiger partial charge < -0.3 is 10.6 Å². The molecule has 2 N–H and O–H groups in total. The van der Waals surface area contributed by atoms with Gasteiger partial charge in [0.2, 0.25) is 0 Å².